The largest absolute Gasteiger partial charge is 0.496 e. The van der Waals surface area contributed by atoms with Crippen LogP contribution in [0.1, 0.15) is 27.0 Å². The van der Waals surface area contributed by atoms with Crippen molar-refractivity contribution in [3.8, 4) is 5.75 Å². The molecular weight excluding hydrogens is 264 g/mol. The van der Waals surface area contributed by atoms with E-state index in [1.54, 1.807) is 13.2 Å². The van der Waals surface area contributed by atoms with Crippen molar-refractivity contribution in [2.24, 2.45) is 5.73 Å². The van der Waals surface area contributed by atoms with Crippen LogP contribution in [0, 0.1) is 6.92 Å². The number of carbonyl (C=O) groups excluding carboxylic acids is 1. The molecule has 0 aromatic heterocycles. The van der Waals surface area contributed by atoms with Gasteiger partial charge in [-0.1, -0.05) is 29.8 Å². The normalized spacial score (nSPS) is 10.4. The lowest BCUT2D eigenvalue weighted by Crippen LogP contribution is -2.15. The number of ether oxygens (including phenoxy) is 1. The first-order chi connectivity index (χ1) is 10.1. The molecule has 21 heavy (non-hydrogen) atoms. The summed E-state index contributed by atoms with van der Waals surface area (Å²) in [6, 6.07) is 13.4. The van der Waals surface area contributed by atoms with E-state index < -0.39 is 5.91 Å². The molecule has 3 N–H and O–H groups in total. The monoisotopic (exact) mass is 284 g/mol. The van der Waals surface area contributed by atoms with Crippen molar-refractivity contribution >= 4 is 5.91 Å². The molecule has 1 amide bonds. The predicted molar refractivity (Wildman–Crippen MR) is 83.2 cm³/mol. The summed E-state index contributed by atoms with van der Waals surface area (Å²) in [7, 11) is 1.67. The van der Waals surface area contributed by atoms with E-state index in [1.165, 1.54) is 5.56 Å². The molecule has 0 radical (unpaired) electrons. The van der Waals surface area contributed by atoms with Crippen LogP contribution in [0.2, 0.25) is 0 Å². The van der Waals surface area contributed by atoms with Gasteiger partial charge in [0.15, 0.2) is 0 Å². The number of hydrogen-bond donors (Lipinski definition) is 2. The minimum atomic E-state index is -0.405. The summed E-state index contributed by atoms with van der Waals surface area (Å²) in [5.41, 5.74) is 9.15. The molecule has 0 unspecified atom stereocenters. The molecule has 2 rings (SSSR count). The molecular formula is C17H20N2O2. The van der Waals surface area contributed by atoms with E-state index in [1.807, 2.05) is 30.3 Å². The molecule has 2 aromatic rings. The van der Waals surface area contributed by atoms with Crippen LogP contribution < -0.4 is 15.8 Å². The van der Waals surface area contributed by atoms with Crippen molar-refractivity contribution in [1.82, 2.24) is 5.32 Å². The molecule has 0 aliphatic heterocycles. The van der Waals surface area contributed by atoms with Gasteiger partial charge in [-0.05, 0) is 30.7 Å². The Bertz CT molecular complexity index is 638. The lowest BCUT2D eigenvalue weighted by molar-refractivity contribution is 0.1000. The highest BCUT2D eigenvalue weighted by atomic mass is 16.5. The van der Waals surface area contributed by atoms with E-state index in [4.69, 9.17) is 10.5 Å². The van der Waals surface area contributed by atoms with E-state index in [0.717, 1.165) is 16.9 Å². The van der Waals surface area contributed by atoms with Gasteiger partial charge in [-0.2, -0.15) is 0 Å². The average Bonchev–Trinajstić information content (AvgIpc) is 2.48. The fraction of sp³-hybridized carbons (Fsp3) is 0.235. The van der Waals surface area contributed by atoms with Gasteiger partial charge in [0.05, 0.1) is 7.11 Å². The molecule has 0 bridgehead atoms. The third-order valence-corrected chi connectivity index (χ3v) is 3.29. The Balaban J connectivity index is 2.00. The SMILES string of the molecule is COc1ccc(C)cc1CNCc1cccc(C(N)=O)c1. The molecule has 0 spiro atoms. The van der Waals surface area contributed by atoms with Crippen LogP contribution in [-0.2, 0) is 13.1 Å². The second-order valence-corrected chi connectivity index (χ2v) is 4.98. The third kappa shape index (κ3) is 4.07. The molecule has 0 fully saturated rings. The fourth-order valence-corrected chi connectivity index (χ4v) is 2.22. The van der Waals surface area contributed by atoms with Gasteiger partial charge in [-0.3, -0.25) is 4.79 Å². The Hall–Kier alpha value is -2.33. The zero-order valence-corrected chi connectivity index (χ0v) is 12.3. The number of primary amides is 1. The second kappa shape index (κ2) is 6.90. The van der Waals surface area contributed by atoms with E-state index in [9.17, 15) is 4.79 Å². The van der Waals surface area contributed by atoms with Crippen LogP contribution in [0.25, 0.3) is 0 Å². The summed E-state index contributed by atoms with van der Waals surface area (Å²) < 4.78 is 5.35. The van der Waals surface area contributed by atoms with Crippen LogP contribution in [0.5, 0.6) is 5.75 Å². The number of carbonyl (C=O) groups is 1. The minimum Gasteiger partial charge on any atom is -0.496 e. The Kier molecular flexibility index (Phi) is 4.95. The minimum absolute atomic E-state index is 0.405. The van der Waals surface area contributed by atoms with Crippen molar-refractivity contribution in [3.05, 3.63) is 64.7 Å². The van der Waals surface area contributed by atoms with Crippen LogP contribution in [0.3, 0.4) is 0 Å². The van der Waals surface area contributed by atoms with Crippen LogP contribution in [0.4, 0.5) is 0 Å². The molecule has 110 valence electrons. The van der Waals surface area contributed by atoms with E-state index in [2.05, 4.69) is 18.3 Å². The smallest absolute Gasteiger partial charge is 0.248 e. The number of nitrogens with one attached hydrogen (secondary N) is 1. The van der Waals surface area contributed by atoms with Crippen molar-refractivity contribution in [2.45, 2.75) is 20.0 Å². The van der Waals surface area contributed by atoms with Crippen molar-refractivity contribution in [1.29, 1.82) is 0 Å². The van der Waals surface area contributed by atoms with Crippen LogP contribution in [0.15, 0.2) is 42.5 Å². The molecule has 2 aromatic carbocycles. The maximum Gasteiger partial charge on any atom is 0.248 e. The number of nitrogens with two attached hydrogens (primary N) is 1. The van der Waals surface area contributed by atoms with Crippen molar-refractivity contribution in [2.75, 3.05) is 7.11 Å². The summed E-state index contributed by atoms with van der Waals surface area (Å²) in [6.07, 6.45) is 0. The van der Waals surface area contributed by atoms with E-state index in [-0.39, 0.29) is 0 Å². The average molecular weight is 284 g/mol. The summed E-state index contributed by atoms with van der Waals surface area (Å²) in [5.74, 6) is 0.469. The van der Waals surface area contributed by atoms with Gasteiger partial charge in [0.25, 0.3) is 0 Å². The Morgan fingerprint density at radius 2 is 2.00 bits per heavy atom. The van der Waals surface area contributed by atoms with Gasteiger partial charge >= 0.3 is 0 Å². The maximum absolute atomic E-state index is 11.2. The molecule has 0 aliphatic carbocycles. The molecule has 0 saturated carbocycles. The number of rotatable bonds is 6. The number of methoxy groups -OCH3 is 1. The number of amides is 1. The lowest BCUT2D eigenvalue weighted by atomic mass is 10.1. The zero-order valence-electron chi connectivity index (χ0n) is 12.3. The first-order valence-corrected chi connectivity index (χ1v) is 6.83. The molecule has 4 heteroatoms. The Morgan fingerprint density at radius 3 is 2.71 bits per heavy atom. The van der Waals surface area contributed by atoms with Crippen LogP contribution in [-0.4, -0.2) is 13.0 Å². The molecule has 0 heterocycles. The standard InChI is InChI=1S/C17H20N2O2/c1-12-6-7-16(21-2)15(8-12)11-19-10-13-4-3-5-14(9-13)17(18)20/h3-9,19H,10-11H2,1-2H3,(H2,18,20). The quantitative estimate of drug-likeness (QED) is 0.856. The van der Waals surface area contributed by atoms with Gasteiger partial charge in [-0.25, -0.2) is 0 Å². The predicted octanol–water partition coefficient (Wildman–Crippen LogP) is 2.39. The first-order valence-electron chi connectivity index (χ1n) is 6.83. The highest BCUT2D eigenvalue weighted by Gasteiger charge is 2.04. The lowest BCUT2D eigenvalue weighted by Gasteiger charge is -2.11. The summed E-state index contributed by atoms with van der Waals surface area (Å²) in [5, 5.41) is 3.35. The number of aryl methyl sites for hydroxylation is 1. The first kappa shape index (κ1) is 15.1. The Labute approximate surface area is 124 Å². The van der Waals surface area contributed by atoms with E-state index in [0.29, 0.717) is 18.7 Å². The number of benzene rings is 2. The molecule has 0 aliphatic rings. The number of hydrogen-bond acceptors (Lipinski definition) is 3. The highest BCUT2D eigenvalue weighted by Crippen LogP contribution is 2.19. The molecule has 0 atom stereocenters. The van der Waals surface area contributed by atoms with Gasteiger partial charge in [0, 0.05) is 24.2 Å². The van der Waals surface area contributed by atoms with Gasteiger partial charge in [-0.15, -0.1) is 0 Å². The van der Waals surface area contributed by atoms with Gasteiger partial charge in [0.1, 0.15) is 5.75 Å². The fourth-order valence-electron chi connectivity index (χ4n) is 2.22. The highest BCUT2D eigenvalue weighted by molar-refractivity contribution is 5.92. The summed E-state index contributed by atoms with van der Waals surface area (Å²) in [6.45, 7) is 3.42. The molecule has 0 saturated heterocycles. The molecule has 4 nitrogen and oxygen atoms in total. The van der Waals surface area contributed by atoms with Crippen molar-refractivity contribution in [3.63, 3.8) is 0 Å². The van der Waals surface area contributed by atoms with Crippen molar-refractivity contribution < 1.29 is 9.53 Å². The van der Waals surface area contributed by atoms with E-state index >= 15 is 0 Å². The third-order valence-electron chi connectivity index (χ3n) is 3.29. The summed E-state index contributed by atoms with van der Waals surface area (Å²) >= 11 is 0. The maximum atomic E-state index is 11.2. The van der Waals surface area contributed by atoms with Gasteiger partial charge in [0.2, 0.25) is 5.91 Å². The summed E-state index contributed by atoms with van der Waals surface area (Å²) in [4.78, 5) is 11.2. The topological polar surface area (TPSA) is 64.3 Å². The second-order valence-electron chi connectivity index (χ2n) is 4.98. The zero-order chi connectivity index (χ0) is 15.2. The van der Waals surface area contributed by atoms with Gasteiger partial charge < -0.3 is 15.8 Å². The van der Waals surface area contributed by atoms with Crippen LogP contribution >= 0.6 is 0 Å². The Morgan fingerprint density at radius 1 is 1.19 bits per heavy atom.